The van der Waals surface area contributed by atoms with Crippen molar-refractivity contribution in [2.24, 2.45) is 0 Å². The summed E-state index contributed by atoms with van der Waals surface area (Å²) in [4.78, 5) is 19.1. The quantitative estimate of drug-likeness (QED) is 0.610. The number of carbonyl (C=O) groups excluding carboxylic acids is 1. The van der Waals surface area contributed by atoms with Crippen LogP contribution in [0.15, 0.2) is 66.9 Å². The Balaban J connectivity index is 1.73. The van der Waals surface area contributed by atoms with Crippen molar-refractivity contribution in [3.8, 4) is 11.6 Å². The van der Waals surface area contributed by atoms with Gasteiger partial charge in [0.1, 0.15) is 5.75 Å². The second kappa shape index (κ2) is 9.04. The SMILES string of the molecule is CCN(CC)c1ccc(NC(=O)c2cccc(Oc3ccccn3)c2)c(C)c1. The van der Waals surface area contributed by atoms with E-state index in [1.807, 2.05) is 31.2 Å². The maximum Gasteiger partial charge on any atom is 0.255 e. The number of rotatable bonds is 7. The third kappa shape index (κ3) is 4.68. The van der Waals surface area contributed by atoms with Crippen molar-refractivity contribution in [1.82, 2.24) is 4.98 Å². The first-order chi connectivity index (χ1) is 13.6. The van der Waals surface area contributed by atoms with Gasteiger partial charge in [0.2, 0.25) is 5.88 Å². The molecule has 3 aromatic rings. The molecular weight excluding hydrogens is 350 g/mol. The minimum Gasteiger partial charge on any atom is -0.439 e. The van der Waals surface area contributed by atoms with Crippen LogP contribution in [0.5, 0.6) is 11.6 Å². The molecule has 0 saturated heterocycles. The summed E-state index contributed by atoms with van der Waals surface area (Å²) in [6.07, 6.45) is 1.66. The molecule has 2 aromatic carbocycles. The third-order valence-electron chi connectivity index (χ3n) is 4.54. The zero-order valence-electron chi connectivity index (χ0n) is 16.5. The van der Waals surface area contributed by atoms with Gasteiger partial charge in [0, 0.05) is 42.3 Å². The standard InChI is InChI=1S/C23H25N3O2/c1-4-26(5-2)19-12-13-21(17(3)15-19)25-23(27)18-9-8-10-20(16-18)28-22-11-6-7-14-24-22/h6-16H,4-5H2,1-3H3,(H,25,27). The summed E-state index contributed by atoms with van der Waals surface area (Å²) in [7, 11) is 0. The van der Waals surface area contributed by atoms with Crippen LogP contribution in [0.1, 0.15) is 29.8 Å². The maximum absolute atomic E-state index is 12.7. The average Bonchev–Trinajstić information content (AvgIpc) is 2.72. The highest BCUT2D eigenvalue weighted by atomic mass is 16.5. The van der Waals surface area contributed by atoms with Crippen molar-refractivity contribution < 1.29 is 9.53 Å². The Kier molecular flexibility index (Phi) is 6.27. The Hall–Kier alpha value is -3.34. The fraction of sp³-hybridized carbons (Fsp3) is 0.217. The van der Waals surface area contributed by atoms with Crippen LogP contribution in [-0.2, 0) is 0 Å². The highest BCUT2D eigenvalue weighted by molar-refractivity contribution is 6.05. The maximum atomic E-state index is 12.7. The van der Waals surface area contributed by atoms with E-state index in [0.717, 1.165) is 30.0 Å². The van der Waals surface area contributed by atoms with E-state index in [0.29, 0.717) is 17.2 Å². The number of aryl methyl sites for hydroxylation is 1. The summed E-state index contributed by atoms with van der Waals surface area (Å²) >= 11 is 0. The summed E-state index contributed by atoms with van der Waals surface area (Å²) in [6.45, 7) is 8.17. The lowest BCUT2D eigenvalue weighted by atomic mass is 10.1. The molecule has 0 radical (unpaired) electrons. The van der Waals surface area contributed by atoms with E-state index in [1.165, 1.54) is 0 Å². The highest BCUT2D eigenvalue weighted by Crippen LogP contribution is 2.24. The molecule has 3 rings (SSSR count). The van der Waals surface area contributed by atoms with Gasteiger partial charge in [-0.05, 0) is 68.8 Å². The number of ether oxygens (including phenoxy) is 1. The summed E-state index contributed by atoms with van der Waals surface area (Å²) < 4.78 is 5.71. The molecule has 0 spiro atoms. The number of carbonyl (C=O) groups is 1. The molecule has 1 heterocycles. The summed E-state index contributed by atoms with van der Waals surface area (Å²) in [5.74, 6) is 0.882. The van der Waals surface area contributed by atoms with E-state index in [-0.39, 0.29) is 5.91 Å². The van der Waals surface area contributed by atoms with Gasteiger partial charge in [0.05, 0.1) is 0 Å². The Bertz CT molecular complexity index is 938. The first kappa shape index (κ1) is 19.4. The van der Waals surface area contributed by atoms with E-state index in [1.54, 1.807) is 36.5 Å². The van der Waals surface area contributed by atoms with Gasteiger partial charge in [-0.3, -0.25) is 4.79 Å². The van der Waals surface area contributed by atoms with Crippen LogP contribution in [-0.4, -0.2) is 24.0 Å². The second-order valence-corrected chi connectivity index (χ2v) is 6.42. The topological polar surface area (TPSA) is 54.5 Å². The third-order valence-corrected chi connectivity index (χ3v) is 4.54. The van der Waals surface area contributed by atoms with Crippen molar-refractivity contribution in [2.45, 2.75) is 20.8 Å². The zero-order chi connectivity index (χ0) is 19.9. The monoisotopic (exact) mass is 375 g/mol. The molecule has 5 heteroatoms. The predicted octanol–water partition coefficient (Wildman–Crippen LogP) is 5.28. The molecular formula is C23H25N3O2. The lowest BCUT2D eigenvalue weighted by molar-refractivity contribution is 0.102. The van der Waals surface area contributed by atoms with Crippen molar-refractivity contribution in [3.63, 3.8) is 0 Å². The summed E-state index contributed by atoms with van der Waals surface area (Å²) in [5, 5.41) is 2.99. The molecule has 28 heavy (non-hydrogen) atoms. The first-order valence-electron chi connectivity index (χ1n) is 9.46. The number of anilines is 2. The normalized spacial score (nSPS) is 10.4. The Morgan fingerprint density at radius 2 is 1.86 bits per heavy atom. The molecule has 144 valence electrons. The lowest BCUT2D eigenvalue weighted by Gasteiger charge is -2.22. The van der Waals surface area contributed by atoms with Crippen molar-refractivity contribution in [1.29, 1.82) is 0 Å². The van der Waals surface area contributed by atoms with Gasteiger partial charge >= 0.3 is 0 Å². The molecule has 5 nitrogen and oxygen atoms in total. The number of pyridine rings is 1. The fourth-order valence-corrected chi connectivity index (χ4v) is 3.00. The van der Waals surface area contributed by atoms with Crippen molar-refractivity contribution >= 4 is 17.3 Å². The first-order valence-corrected chi connectivity index (χ1v) is 9.46. The largest absolute Gasteiger partial charge is 0.439 e. The number of aromatic nitrogens is 1. The van der Waals surface area contributed by atoms with E-state index >= 15 is 0 Å². The molecule has 1 amide bonds. The molecule has 0 aliphatic rings. The molecule has 0 fully saturated rings. The Morgan fingerprint density at radius 3 is 2.54 bits per heavy atom. The van der Waals surface area contributed by atoms with Gasteiger partial charge in [-0.25, -0.2) is 4.98 Å². The molecule has 1 N–H and O–H groups in total. The van der Waals surface area contributed by atoms with Crippen LogP contribution in [0.4, 0.5) is 11.4 Å². The molecule has 1 aromatic heterocycles. The van der Waals surface area contributed by atoms with Crippen LogP contribution in [0, 0.1) is 6.92 Å². The van der Waals surface area contributed by atoms with E-state index < -0.39 is 0 Å². The smallest absolute Gasteiger partial charge is 0.255 e. The number of amides is 1. The summed E-state index contributed by atoms with van der Waals surface area (Å²) in [5.41, 5.74) is 3.52. The molecule has 0 aliphatic carbocycles. The van der Waals surface area contributed by atoms with Crippen LogP contribution < -0.4 is 15.0 Å². The number of benzene rings is 2. The molecule has 0 unspecified atom stereocenters. The Morgan fingerprint density at radius 1 is 1.04 bits per heavy atom. The van der Waals surface area contributed by atoms with Gasteiger partial charge in [-0.1, -0.05) is 12.1 Å². The minimum atomic E-state index is -0.176. The van der Waals surface area contributed by atoms with Gasteiger partial charge in [0.25, 0.3) is 5.91 Å². The number of nitrogens with zero attached hydrogens (tertiary/aromatic N) is 2. The average molecular weight is 375 g/mol. The molecule has 0 atom stereocenters. The van der Waals surface area contributed by atoms with Crippen molar-refractivity contribution in [2.75, 3.05) is 23.3 Å². The van der Waals surface area contributed by atoms with E-state index in [2.05, 4.69) is 35.1 Å². The van der Waals surface area contributed by atoms with Crippen molar-refractivity contribution in [3.05, 3.63) is 78.0 Å². The van der Waals surface area contributed by atoms with Gasteiger partial charge in [-0.2, -0.15) is 0 Å². The van der Waals surface area contributed by atoms with Gasteiger partial charge in [-0.15, -0.1) is 0 Å². The van der Waals surface area contributed by atoms with Crippen LogP contribution >= 0.6 is 0 Å². The number of nitrogens with one attached hydrogen (secondary N) is 1. The predicted molar refractivity (Wildman–Crippen MR) is 113 cm³/mol. The number of hydrogen-bond acceptors (Lipinski definition) is 4. The highest BCUT2D eigenvalue weighted by Gasteiger charge is 2.11. The second-order valence-electron chi connectivity index (χ2n) is 6.42. The van der Waals surface area contributed by atoms with Gasteiger partial charge < -0.3 is 15.0 Å². The summed E-state index contributed by atoms with van der Waals surface area (Å²) in [6, 6.07) is 18.6. The van der Waals surface area contributed by atoms with Crippen LogP contribution in [0.2, 0.25) is 0 Å². The van der Waals surface area contributed by atoms with Crippen LogP contribution in [0.25, 0.3) is 0 Å². The molecule has 0 bridgehead atoms. The zero-order valence-corrected chi connectivity index (χ0v) is 16.5. The van der Waals surface area contributed by atoms with Crippen LogP contribution in [0.3, 0.4) is 0 Å². The molecule has 0 saturated carbocycles. The van der Waals surface area contributed by atoms with Gasteiger partial charge in [0.15, 0.2) is 0 Å². The van der Waals surface area contributed by atoms with E-state index in [4.69, 9.17) is 4.74 Å². The van der Waals surface area contributed by atoms with E-state index in [9.17, 15) is 4.79 Å². The minimum absolute atomic E-state index is 0.176. The fourth-order valence-electron chi connectivity index (χ4n) is 3.00. The lowest BCUT2D eigenvalue weighted by Crippen LogP contribution is -2.22. The molecule has 0 aliphatic heterocycles. The Labute approximate surface area is 166 Å². The number of hydrogen-bond donors (Lipinski definition) is 1.